The lowest BCUT2D eigenvalue weighted by molar-refractivity contribution is 0.0936. The van der Waals surface area contributed by atoms with E-state index in [-0.39, 0.29) is 11.9 Å². The summed E-state index contributed by atoms with van der Waals surface area (Å²) in [7, 11) is 0. The Morgan fingerprint density at radius 2 is 2.03 bits per heavy atom. The Morgan fingerprint density at radius 3 is 2.73 bits per heavy atom. The third-order valence-electron chi connectivity index (χ3n) is 6.30. The van der Waals surface area contributed by atoms with Crippen LogP contribution in [0.1, 0.15) is 35.2 Å². The lowest BCUT2D eigenvalue weighted by Crippen LogP contribution is -2.47. The molecule has 1 aliphatic heterocycles. The number of hydrogen-bond donors (Lipinski definition) is 1. The number of carbonyl (C=O) groups is 1. The molecule has 1 N–H and O–H groups in total. The van der Waals surface area contributed by atoms with Crippen LogP contribution in [0.2, 0.25) is 0 Å². The molecular weight excluding hydrogens is 410 g/mol. The summed E-state index contributed by atoms with van der Waals surface area (Å²) >= 11 is 0. The summed E-state index contributed by atoms with van der Waals surface area (Å²) in [5, 5.41) is 4.13. The molecule has 0 saturated carbocycles. The van der Waals surface area contributed by atoms with Gasteiger partial charge < -0.3 is 5.32 Å². The number of nitrogens with one attached hydrogen (secondary N) is 1. The first-order valence-corrected chi connectivity index (χ1v) is 11.5. The van der Waals surface area contributed by atoms with Crippen LogP contribution in [0.3, 0.4) is 0 Å². The number of piperidine rings is 1. The molecule has 1 atom stereocenters. The second-order valence-corrected chi connectivity index (χ2v) is 8.37. The van der Waals surface area contributed by atoms with Gasteiger partial charge in [-0.1, -0.05) is 49.9 Å². The molecule has 4 rings (SSSR count). The Labute approximate surface area is 195 Å². The molecule has 1 unspecified atom stereocenters. The van der Waals surface area contributed by atoms with Crippen LogP contribution < -0.4 is 5.32 Å². The topological polar surface area (TPSA) is 63.1 Å². The number of likely N-dealkylation sites (tertiary alicyclic amines) is 1. The van der Waals surface area contributed by atoms with Crippen molar-refractivity contribution in [3.8, 4) is 5.82 Å². The second-order valence-electron chi connectivity index (χ2n) is 8.37. The summed E-state index contributed by atoms with van der Waals surface area (Å²) < 4.78 is 1.93. The predicted molar refractivity (Wildman–Crippen MR) is 134 cm³/mol. The molecule has 1 aromatic carbocycles. The lowest BCUT2D eigenvalue weighted by Gasteiger charge is -2.35. The predicted octanol–water partition coefficient (Wildman–Crippen LogP) is 4.61. The Kier molecular flexibility index (Phi) is 7.15. The van der Waals surface area contributed by atoms with Crippen molar-refractivity contribution in [1.82, 2.24) is 24.8 Å². The summed E-state index contributed by atoms with van der Waals surface area (Å²) in [6.45, 7) is 12.4. The number of nitrogens with zero attached hydrogens (tertiary/aromatic N) is 4. The average Bonchev–Trinajstić information content (AvgIpc) is 3.26. The van der Waals surface area contributed by atoms with E-state index >= 15 is 0 Å². The molecule has 1 saturated heterocycles. The van der Waals surface area contributed by atoms with Gasteiger partial charge in [0.2, 0.25) is 0 Å². The smallest absolute Gasteiger partial charge is 0.253 e. The van der Waals surface area contributed by atoms with Crippen molar-refractivity contribution < 1.29 is 4.79 Å². The van der Waals surface area contributed by atoms with Crippen LogP contribution >= 0.6 is 0 Å². The van der Waals surface area contributed by atoms with E-state index in [1.807, 2.05) is 48.0 Å². The number of hydrogen-bond acceptors (Lipinski definition) is 4. The number of aryl methyl sites for hydroxylation is 1. The molecule has 0 bridgehead atoms. The quantitative estimate of drug-likeness (QED) is 0.519. The van der Waals surface area contributed by atoms with Crippen LogP contribution in [0.5, 0.6) is 0 Å². The van der Waals surface area contributed by atoms with Gasteiger partial charge in [0.15, 0.2) is 5.82 Å². The molecule has 0 spiro atoms. The van der Waals surface area contributed by atoms with Crippen molar-refractivity contribution in [1.29, 1.82) is 0 Å². The summed E-state index contributed by atoms with van der Waals surface area (Å²) in [5.74, 6) is 0.585. The Bertz CT molecular complexity index is 1170. The van der Waals surface area contributed by atoms with E-state index in [0.717, 1.165) is 35.1 Å². The normalized spacial score (nSPS) is 15.8. The molecule has 0 aliphatic carbocycles. The van der Waals surface area contributed by atoms with Gasteiger partial charge in [-0.3, -0.25) is 19.2 Å². The summed E-state index contributed by atoms with van der Waals surface area (Å²) in [6, 6.07) is 6.10. The van der Waals surface area contributed by atoms with E-state index in [1.165, 1.54) is 19.3 Å². The Balaban J connectivity index is 1.65. The SMILES string of the molecule is C=CC=C(C=C)C(CNC(=O)c1cn(-c2cnccn2)c2cccc(C)c12)N1CCCCC1. The zero-order valence-corrected chi connectivity index (χ0v) is 19.2. The van der Waals surface area contributed by atoms with E-state index < -0.39 is 0 Å². The Hall–Kier alpha value is -3.51. The van der Waals surface area contributed by atoms with Gasteiger partial charge in [0.1, 0.15) is 0 Å². The summed E-state index contributed by atoms with van der Waals surface area (Å²) in [5.41, 5.74) is 3.70. The number of allylic oxidation sites excluding steroid dienone is 2. The van der Waals surface area contributed by atoms with Gasteiger partial charge in [0.05, 0.1) is 23.3 Å². The number of fused-ring (bicyclic) bond motifs is 1. The highest BCUT2D eigenvalue weighted by molar-refractivity contribution is 6.08. The first-order valence-electron chi connectivity index (χ1n) is 11.5. The minimum atomic E-state index is -0.0963. The standard InChI is InChI=1S/C27H31N5O/c1-4-10-21(5-2)24(31-15-7-6-8-16-31)17-30-27(33)22-19-32(25-18-28-13-14-29-25)23-12-9-11-20(3)26(22)23/h4-5,9-14,18-19,24H,1-2,6-8,15-17H2,3H3,(H,30,33). The third-order valence-corrected chi connectivity index (χ3v) is 6.30. The van der Waals surface area contributed by atoms with Crippen LogP contribution in [-0.2, 0) is 0 Å². The van der Waals surface area contributed by atoms with E-state index in [1.54, 1.807) is 24.7 Å². The highest BCUT2D eigenvalue weighted by Crippen LogP contribution is 2.27. The van der Waals surface area contributed by atoms with Crippen molar-refractivity contribution in [3.05, 3.63) is 91.1 Å². The fourth-order valence-electron chi connectivity index (χ4n) is 4.67. The van der Waals surface area contributed by atoms with Crippen molar-refractivity contribution in [3.63, 3.8) is 0 Å². The van der Waals surface area contributed by atoms with Gasteiger partial charge in [-0.25, -0.2) is 4.98 Å². The van der Waals surface area contributed by atoms with Crippen molar-refractivity contribution >= 4 is 16.8 Å². The average molecular weight is 442 g/mol. The van der Waals surface area contributed by atoms with E-state index in [9.17, 15) is 4.79 Å². The maximum Gasteiger partial charge on any atom is 0.253 e. The highest BCUT2D eigenvalue weighted by atomic mass is 16.1. The van der Waals surface area contributed by atoms with Gasteiger partial charge in [-0.15, -0.1) is 0 Å². The minimum Gasteiger partial charge on any atom is -0.350 e. The highest BCUT2D eigenvalue weighted by Gasteiger charge is 2.25. The second kappa shape index (κ2) is 10.4. The van der Waals surface area contributed by atoms with Gasteiger partial charge in [0, 0.05) is 30.5 Å². The van der Waals surface area contributed by atoms with E-state index in [0.29, 0.717) is 17.9 Å². The number of carbonyl (C=O) groups excluding carboxylic acids is 1. The van der Waals surface area contributed by atoms with Crippen molar-refractivity contribution in [2.24, 2.45) is 0 Å². The molecule has 1 aliphatic rings. The molecule has 1 fully saturated rings. The van der Waals surface area contributed by atoms with Crippen LogP contribution in [0.25, 0.3) is 16.7 Å². The molecule has 1 amide bonds. The zero-order chi connectivity index (χ0) is 23.2. The number of rotatable bonds is 8. The fourth-order valence-corrected chi connectivity index (χ4v) is 4.67. The molecule has 3 heterocycles. The number of amides is 1. The number of benzene rings is 1. The molecular formula is C27H31N5O. The van der Waals surface area contributed by atoms with Crippen LogP contribution in [-0.4, -0.2) is 51.0 Å². The zero-order valence-electron chi connectivity index (χ0n) is 19.2. The van der Waals surface area contributed by atoms with Gasteiger partial charge >= 0.3 is 0 Å². The first-order chi connectivity index (χ1) is 16.1. The largest absolute Gasteiger partial charge is 0.350 e. The van der Waals surface area contributed by atoms with Crippen LogP contribution in [0.4, 0.5) is 0 Å². The van der Waals surface area contributed by atoms with E-state index in [2.05, 4.69) is 33.3 Å². The summed E-state index contributed by atoms with van der Waals surface area (Å²) in [6.07, 6.45) is 16.1. The molecule has 6 heteroatoms. The fraction of sp³-hybridized carbons (Fsp3) is 0.296. The third kappa shape index (κ3) is 4.81. The molecule has 170 valence electrons. The minimum absolute atomic E-state index is 0.0687. The summed E-state index contributed by atoms with van der Waals surface area (Å²) in [4.78, 5) is 24.5. The first kappa shape index (κ1) is 22.7. The molecule has 3 aromatic rings. The molecule has 33 heavy (non-hydrogen) atoms. The maximum absolute atomic E-state index is 13.5. The molecule has 2 aromatic heterocycles. The van der Waals surface area contributed by atoms with Gasteiger partial charge in [-0.05, 0) is 50.1 Å². The monoisotopic (exact) mass is 441 g/mol. The van der Waals surface area contributed by atoms with Crippen LogP contribution in [0, 0.1) is 6.92 Å². The van der Waals surface area contributed by atoms with Crippen molar-refractivity contribution in [2.45, 2.75) is 32.2 Å². The van der Waals surface area contributed by atoms with Crippen LogP contribution in [0.15, 0.2) is 79.9 Å². The molecule has 6 nitrogen and oxygen atoms in total. The van der Waals surface area contributed by atoms with Gasteiger partial charge in [-0.2, -0.15) is 0 Å². The van der Waals surface area contributed by atoms with Gasteiger partial charge in [0.25, 0.3) is 5.91 Å². The maximum atomic E-state index is 13.5. The molecule has 0 radical (unpaired) electrons. The Morgan fingerprint density at radius 1 is 1.21 bits per heavy atom. The van der Waals surface area contributed by atoms with Crippen molar-refractivity contribution in [2.75, 3.05) is 19.6 Å². The lowest BCUT2D eigenvalue weighted by atomic mass is 10.0. The van der Waals surface area contributed by atoms with E-state index in [4.69, 9.17) is 0 Å². The number of aromatic nitrogens is 3.